The Bertz CT molecular complexity index is 255. The molecule has 0 saturated heterocycles. The van der Waals surface area contributed by atoms with E-state index in [9.17, 15) is 4.79 Å². The van der Waals surface area contributed by atoms with Crippen LogP contribution in [0.5, 0.6) is 0 Å². The van der Waals surface area contributed by atoms with Crippen LogP contribution < -0.4 is 0 Å². The van der Waals surface area contributed by atoms with Crippen LogP contribution in [-0.2, 0) is 4.79 Å². The van der Waals surface area contributed by atoms with Crippen molar-refractivity contribution in [3.8, 4) is 0 Å². The van der Waals surface area contributed by atoms with E-state index in [1.807, 2.05) is 19.1 Å². The van der Waals surface area contributed by atoms with E-state index in [1.54, 1.807) is 13.1 Å². The first-order valence-electron chi connectivity index (χ1n) is 3.29. The standard InChI is InChI=1S/C8H9NOS/c1-6-3-4-8(5-9-6)11-7(2)10/h3-5H,1-2H3. The van der Waals surface area contributed by atoms with Gasteiger partial charge in [0.2, 0.25) is 0 Å². The summed E-state index contributed by atoms with van der Waals surface area (Å²) < 4.78 is 0. The Balaban J connectivity index is 2.74. The summed E-state index contributed by atoms with van der Waals surface area (Å²) in [6.45, 7) is 3.47. The summed E-state index contributed by atoms with van der Waals surface area (Å²) in [5.74, 6) is 0. The maximum atomic E-state index is 10.6. The zero-order valence-corrected chi connectivity index (χ0v) is 7.31. The van der Waals surface area contributed by atoms with E-state index in [0.717, 1.165) is 10.6 Å². The molecule has 0 fully saturated rings. The highest BCUT2D eigenvalue weighted by Gasteiger charge is 1.96. The van der Waals surface area contributed by atoms with Gasteiger partial charge in [-0.3, -0.25) is 9.78 Å². The van der Waals surface area contributed by atoms with Crippen molar-refractivity contribution in [2.75, 3.05) is 0 Å². The molecule has 1 rings (SSSR count). The molecule has 0 unspecified atom stereocenters. The molecule has 0 bridgehead atoms. The first kappa shape index (κ1) is 8.27. The van der Waals surface area contributed by atoms with Gasteiger partial charge in [0, 0.05) is 23.7 Å². The van der Waals surface area contributed by atoms with Crippen LogP contribution in [0.15, 0.2) is 23.2 Å². The van der Waals surface area contributed by atoms with Gasteiger partial charge in [0.05, 0.1) is 0 Å². The molecule has 0 spiro atoms. The zero-order chi connectivity index (χ0) is 8.27. The number of pyridine rings is 1. The average Bonchev–Trinajstić information content (AvgIpc) is 1.93. The molecule has 0 aliphatic rings. The quantitative estimate of drug-likeness (QED) is 0.599. The zero-order valence-electron chi connectivity index (χ0n) is 6.50. The van der Waals surface area contributed by atoms with Crippen LogP contribution in [0.3, 0.4) is 0 Å². The smallest absolute Gasteiger partial charge is 0.190 e. The number of carbonyl (C=O) groups is 1. The molecule has 1 aromatic heterocycles. The van der Waals surface area contributed by atoms with Crippen LogP contribution in [0.4, 0.5) is 0 Å². The van der Waals surface area contributed by atoms with Gasteiger partial charge in [0.25, 0.3) is 0 Å². The lowest BCUT2D eigenvalue weighted by Crippen LogP contribution is -1.83. The fraction of sp³-hybridized carbons (Fsp3) is 0.250. The highest BCUT2D eigenvalue weighted by Crippen LogP contribution is 2.16. The largest absolute Gasteiger partial charge is 0.287 e. The normalized spacial score (nSPS) is 9.64. The van der Waals surface area contributed by atoms with Crippen LogP contribution in [-0.4, -0.2) is 10.1 Å². The van der Waals surface area contributed by atoms with E-state index in [1.165, 1.54) is 11.8 Å². The number of carbonyl (C=O) groups excluding carboxylic acids is 1. The third-order valence-electron chi connectivity index (χ3n) is 1.15. The van der Waals surface area contributed by atoms with Crippen molar-refractivity contribution in [1.29, 1.82) is 0 Å². The van der Waals surface area contributed by atoms with Crippen LogP contribution >= 0.6 is 11.8 Å². The Hall–Kier alpha value is -0.830. The predicted molar refractivity (Wildman–Crippen MR) is 45.5 cm³/mol. The van der Waals surface area contributed by atoms with Crippen LogP contribution in [0, 0.1) is 6.92 Å². The summed E-state index contributed by atoms with van der Waals surface area (Å²) in [4.78, 5) is 15.6. The number of thioether (sulfide) groups is 1. The number of aromatic nitrogens is 1. The van der Waals surface area contributed by atoms with Crippen molar-refractivity contribution in [3.05, 3.63) is 24.0 Å². The number of hydrogen-bond donors (Lipinski definition) is 0. The number of rotatable bonds is 1. The Kier molecular flexibility index (Phi) is 2.65. The maximum Gasteiger partial charge on any atom is 0.190 e. The van der Waals surface area contributed by atoms with Gasteiger partial charge in [0.1, 0.15) is 0 Å². The summed E-state index contributed by atoms with van der Waals surface area (Å²) in [6, 6.07) is 3.79. The SMILES string of the molecule is CC(=O)Sc1ccc(C)nc1. The molecule has 0 aromatic carbocycles. The first-order chi connectivity index (χ1) is 5.18. The highest BCUT2D eigenvalue weighted by atomic mass is 32.2. The molecule has 0 N–H and O–H groups in total. The fourth-order valence-corrected chi connectivity index (χ4v) is 1.25. The third kappa shape index (κ3) is 2.72. The van der Waals surface area contributed by atoms with Gasteiger partial charge in [-0.1, -0.05) is 11.8 Å². The van der Waals surface area contributed by atoms with Gasteiger partial charge in [-0.15, -0.1) is 0 Å². The van der Waals surface area contributed by atoms with Gasteiger partial charge in [-0.05, 0) is 19.1 Å². The van der Waals surface area contributed by atoms with Crippen molar-refractivity contribution in [2.24, 2.45) is 0 Å². The first-order valence-corrected chi connectivity index (χ1v) is 4.11. The molecule has 0 radical (unpaired) electrons. The monoisotopic (exact) mass is 167 g/mol. The van der Waals surface area contributed by atoms with Gasteiger partial charge >= 0.3 is 0 Å². The van der Waals surface area contributed by atoms with Crippen molar-refractivity contribution >= 4 is 16.9 Å². The lowest BCUT2D eigenvalue weighted by Gasteiger charge is -1.95. The van der Waals surface area contributed by atoms with Crippen molar-refractivity contribution in [3.63, 3.8) is 0 Å². The van der Waals surface area contributed by atoms with Crippen molar-refractivity contribution < 1.29 is 4.79 Å². The van der Waals surface area contributed by atoms with Crippen molar-refractivity contribution in [2.45, 2.75) is 18.7 Å². The number of aryl methyl sites for hydroxylation is 1. The Morgan fingerprint density at radius 1 is 1.55 bits per heavy atom. The van der Waals surface area contributed by atoms with E-state index < -0.39 is 0 Å². The van der Waals surface area contributed by atoms with Gasteiger partial charge in [-0.2, -0.15) is 0 Å². The molecule has 1 aromatic rings. The second-order valence-electron chi connectivity index (χ2n) is 2.23. The van der Waals surface area contributed by atoms with E-state index in [0.29, 0.717) is 0 Å². The summed E-state index contributed by atoms with van der Waals surface area (Å²) in [5, 5.41) is 0.0932. The Labute approximate surface area is 70.0 Å². The molecule has 0 aliphatic carbocycles. The summed E-state index contributed by atoms with van der Waals surface area (Å²) >= 11 is 1.21. The predicted octanol–water partition coefficient (Wildman–Crippen LogP) is 2.03. The molecule has 0 saturated carbocycles. The number of hydrogen-bond acceptors (Lipinski definition) is 3. The fourth-order valence-electron chi connectivity index (χ4n) is 0.681. The molecule has 3 heteroatoms. The molecule has 11 heavy (non-hydrogen) atoms. The van der Waals surface area contributed by atoms with E-state index in [4.69, 9.17) is 0 Å². The van der Waals surface area contributed by atoms with E-state index in [2.05, 4.69) is 4.98 Å². The second-order valence-corrected chi connectivity index (χ2v) is 3.48. The lowest BCUT2D eigenvalue weighted by atomic mass is 10.4. The molecule has 58 valence electrons. The molecule has 0 aliphatic heterocycles. The third-order valence-corrected chi connectivity index (χ3v) is 1.91. The lowest BCUT2D eigenvalue weighted by molar-refractivity contribution is -0.109. The van der Waals surface area contributed by atoms with E-state index >= 15 is 0 Å². The molecular formula is C8H9NOS. The molecule has 1 heterocycles. The maximum absolute atomic E-state index is 10.6. The summed E-state index contributed by atoms with van der Waals surface area (Å²) in [5.41, 5.74) is 0.970. The Morgan fingerprint density at radius 3 is 2.73 bits per heavy atom. The molecular weight excluding hydrogens is 158 g/mol. The summed E-state index contributed by atoms with van der Waals surface area (Å²) in [7, 11) is 0. The average molecular weight is 167 g/mol. The summed E-state index contributed by atoms with van der Waals surface area (Å²) in [6.07, 6.45) is 1.71. The van der Waals surface area contributed by atoms with Crippen molar-refractivity contribution in [1.82, 2.24) is 4.98 Å². The minimum absolute atomic E-state index is 0.0932. The molecule has 2 nitrogen and oxygen atoms in total. The van der Waals surface area contributed by atoms with Crippen LogP contribution in [0.2, 0.25) is 0 Å². The molecule has 0 amide bonds. The highest BCUT2D eigenvalue weighted by molar-refractivity contribution is 8.13. The second kappa shape index (κ2) is 3.53. The minimum Gasteiger partial charge on any atom is -0.287 e. The molecule has 0 atom stereocenters. The van der Waals surface area contributed by atoms with Gasteiger partial charge in [-0.25, -0.2) is 0 Å². The minimum atomic E-state index is 0.0932. The Morgan fingerprint density at radius 2 is 2.27 bits per heavy atom. The topological polar surface area (TPSA) is 30.0 Å². The van der Waals surface area contributed by atoms with Gasteiger partial charge < -0.3 is 0 Å². The van der Waals surface area contributed by atoms with E-state index in [-0.39, 0.29) is 5.12 Å². The number of nitrogens with zero attached hydrogens (tertiary/aromatic N) is 1. The van der Waals surface area contributed by atoms with Crippen LogP contribution in [0.1, 0.15) is 12.6 Å². The van der Waals surface area contributed by atoms with Gasteiger partial charge in [0.15, 0.2) is 5.12 Å². The van der Waals surface area contributed by atoms with Crippen LogP contribution in [0.25, 0.3) is 0 Å².